The molecule has 120 valence electrons. The predicted octanol–water partition coefficient (Wildman–Crippen LogP) is 2.28. The van der Waals surface area contributed by atoms with E-state index >= 15 is 0 Å². The molecule has 1 aliphatic rings. The Morgan fingerprint density at radius 2 is 2.13 bits per heavy atom. The number of likely N-dealkylation sites (N-methyl/N-ethyl adjacent to an activating group) is 1. The van der Waals surface area contributed by atoms with E-state index in [0.29, 0.717) is 19.4 Å². The second kappa shape index (κ2) is 6.77. The van der Waals surface area contributed by atoms with Crippen LogP contribution in [0.15, 0.2) is 42.9 Å². The normalized spacial score (nSPS) is 17.6. The number of rotatable bonds is 3. The molecule has 2 heterocycles. The van der Waals surface area contributed by atoms with E-state index < -0.39 is 0 Å². The molecule has 1 unspecified atom stereocenters. The maximum Gasteiger partial charge on any atom is 0.223 e. The molecule has 1 aromatic carbocycles. The number of benzene rings is 1. The van der Waals surface area contributed by atoms with Gasteiger partial charge in [-0.1, -0.05) is 18.2 Å². The Bertz CT molecular complexity index is 674. The molecule has 0 fully saturated rings. The van der Waals surface area contributed by atoms with E-state index in [2.05, 4.69) is 41.0 Å². The van der Waals surface area contributed by atoms with E-state index in [4.69, 9.17) is 0 Å². The van der Waals surface area contributed by atoms with Crippen molar-refractivity contribution in [1.29, 1.82) is 0 Å². The molecule has 1 aliphatic heterocycles. The highest BCUT2D eigenvalue weighted by molar-refractivity contribution is 5.77. The lowest BCUT2D eigenvalue weighted by Crippen LogP contribution is -2.42. The van der Waals surface area contributed by atoms with Gasteiger partial charge in [-0.2, -0.15) is 0 Å². The Morgan fingerprint density at radius 3 is 2.91 bits per heavy atom. The highest BCUT2D eigenvalue weighted by atomic mass is 16.2. The van der Waals surface area contributed by atoms with Gasteiger partial charge in [0.2, 0.25) is 5.91 Å². The summed E-state index contributed by atoms with van der Waals surface area (Å²) >= 11 is 0. The van der Waals surface area contributed by atoms with Crippen molar-refractivity contribution in [3.05, 3.63) is 54.1 Å². The number of para-hydroxylation sites is 1. The fraction of sp³-hybridized carbons (Fsp3) is 0.389. The summed E-state index contributed by atoms with van der Waals surface area (Å²) in [7, 11) is 2.09. The SMILES string of the molecule is CC1CN(C)c2ccccc2CN1C(=O)CCc1ccncn1. The molecule has 1 aromatic heterocycles. The Hall–Kier alpha value is -2.43. The number of amides is 1. The lowest BCUT2D eigenvalue weighted by molar-refractivity contribution is -0.133. The Morgan fingerprint density at radius 1 is 1.30 bits per heavy atom. The number of anilines is 1. The zero-order chi connectivity index (χ0) is 16.2. The molecular weight excluding hydrogens is 288 g/mol. The van der Waals surface area contributed by atoms with Crippen LogP contribution in [0.3, 0.4) is 0 Å². The smallest absolute Gasteiger partial charge is 0.223 e. The van der Waals surface area contributed by atoms with Gasteiger partial charge in [-0.25, -0.2) is 9.97 Å². The minimum absolute atomic E-state index is 0.182. The van der Waals surface area contributed by atoms with Crippen molar-refractivity contribution in [3.8, 4) is 0 Å². The van der Waals surface area contributed by atoms with E-state index in [9.17, 15) is 4.79 Å². The van der Waals surface area contributed by atoms with Crippen LogP contribution in [0.5, 0.6) is 0 Å². The van der Waals surface area contributed by atoms with Crippen LogP contribution in [-0.4, -0.2) is 40.4 Å². The largest absolute Gasteiger partial charge is 0.372 e. The van der Waals surface area contributed by atoms with E-state index in [1.807, 2.05) is 23.1 Å². The average molecular weight is 310 g/mol. The lowest BCUT2D eigenvalue weighted by Gasteiger charge is -2.28. The van der Waals surface area contributed by atoms with Crippen LogP contribution in [0.2, 0.25) is 0 Å². The molecule has 0 saturated carbocycles. The van der Waals surface area contributed by atoms with Crippen molar-refractivity contribution in [1.82, 2.24) is 14.9 Å². The predicted molar refractivity (Wildman–Crippen MR) is 90.1 cm³/mol. The lowest BCUT2D eigenvalue weighted by atomic mass is 10.1. The summed E-state index contributed by atoms with van der Waals surface area (Å²) in [5, 5.41) is 0. The number of fused-ring (bicyclic) bond motifs is 1. The van der Waals surface area contributed by atoms with Crippen molar-refractivity contribution in [2.45, 2.75) is 32.4 Å². The summed E-state index contributed by atoms with van der Waals surface area (Å²) < 4.78 is 0. The Labute approximate surface area is 137 Å². The molecule has 5 heteroatoms. The van der Waals surface area contributed by atoms with Gasteiger partial charge in [-0.3, -0.25) is 4.79 Å². The first-order chi connectivity index (χ1) is 11.1. The van der Waals surface area contributed by atoms with E-state index in [1.165, 1.54) is 17.6 Å². The molecule has 1 atom stereocenters. The molecule has 0 spiro atoms. The van der Waals surface area contributed by atoms with Gasteiger partial charge in [0.15, 0.2) is 0 Å². The van der Waals surface area contributed by atoms with Gasteiger partial charge in [0.25, 0.3) is 0 Å². The fourth-order valence-corrected chi connectivity index (χ4v) is 3.13. The quantitative estimate of drug-likeness (QED) is 0.872. The number of aryl methyl sites for hydroxylation is 1. The Balaban J connectivity index is 1.72. The monoisotopic (exact) mass is 310 g/mol. The van der Waals surface area contributed by atoms with Crippen molar-refractivity contribution in [2.75, 3.05) is 18.5 Å². The standard InChI is InChI=1S/C18H22N4O/c1-14-11-21(2)17-6-4-3-5-15(17)12-22(14)18(23)8-7-16-9-10-19-13-20-16/h3-6,9-10,13-14H,7-8,11-12H2,1-2H3. The van der Waals surface area contributed by atoms with Gasteiger partial charge in [-0.15, -0.1) is 0 Å². The van der Waals surface area contributed by atoms with Crippen LogP contribution in [0, 0.1) is 0 Å². The van der Waals surface area contributed by atoms with Crippen molar-refractivity contribution >= 4 is 11.6 Å². The van der Waals surface area contributed by atoms with Gasteiger partial charge in [0.1, 0.15) is 6.33 Å². The first kappa shape index (κ1) is 15.5. The molecule has 0 saturated heterocycles. The number of carbonyl (C=O) groups excluding carboxylic acids is 1. The Kier molecular flexibility index (Phi) is 4.55. The average Bonchev–Trinajstić information content (AvgIpc) is 2.70. The number of nitrogens with zero attached hydrogens (tertiary/aromatic N) is 4. The number of aromatic nitrogens is 2. The van der Waals surface area contributed by atoms with Crippen LogP contribution in [0.25, 0.3) is 0 Å². The van der Waals surface area contributed by atoms with Crippen LogP contribution < -0.4 is 4.90 Å². The summed E-state index contributed by atoms with van der Waals surface area (Å²) in [5.74, 6) is 0.182. The van der Waals surface area contributed by atoms with Crippen molar-refractivity contribution < 1.29 is 4.79 Å². The number of hydrogen-bond acceptors (Lipinski definition) is 4. The molecule has 3 rings (SSSR count). The number of hydrogen-bond donors (Lipinski definition) is 0. The molecule has 0 N–H and O–H groups in total. The zero-order valence-electron chi connectivity index (χ0n) is 13.6. The number of carbonyl (C=O) groups is 1. The summed E-state index contributed by atoms with van der Waals surface area (Å²) in [6, 6.07) is 10.4. The first-order valence-corrected chi connectivity index (χ1v) is 7.98. The van der Waals surface area contributed by atoms with E-state index in [0.717, 1.165) is 12.2 Å². The summed E-state index contributed by atoms with van der Waals surface area (Å²) in [5.41, 5.74) is 3.33. The molecule has 0 aliphatic carbocycles. The van der Waals surface area contributed by atoms with Crippen molar-refractivity contribution in [3.63, 3.8) is 0 Å². The summed E-state index contributed by atoms with van der Waals surface area (Å²) in [6.07, 6.45) is 4.38. The van der Waals surface area contributed by atoms with Gasteiger partial charge < -0.3 is 9.80 Å². The minimum atomic E-state index is 0.182. The van der Waals surface area contributed by atoms with Crippen LogP contribution in [0.1, 0.15) is 24.6 Å². The van der Waals surface area contributed by atoms with Gasteiger partial charge in [-0.05, 0) is 31.0 Å². The van der Waals surface area contributed by atoms with Gasteiger partial charge in [0, 0.05) is 50.2 Å². The highest BCUT2D eigenvalue weighted by Gasteiger charge is 2.26. The third kappa shape index (κ3) is 3.50. The molecule has 0 radical (unpaired) electrons. The van der Waals surface area contributed by atoms with Crippen LogP contribution >= 0.6 is 0 Å². The summed E-state index contributed by atoms with van der Waals surface area (Å²) in [6.45, 7) is 3.63. The molecule has 0 bridgehead atoms. The maximum atomic E-state index is 12.7. The highest BCUT2D eigenvalue weighted by Crippen LogP contribution is 2.26. The van der Waals surface area contributed by atoms with Crippen LogP contribution in [-0.2, 0) is 17.8 Å². The molecule has 5 nitrogen and oxygen atoms in total. The minimum Gasteiger partial charge on any atom is -0.372 e. The first-order valence-electron chi connectivity index (χ1n) is 7.98. The van der Waals surface area contributed by atoms with Crippen molar-refractivity contribution in [2.24, 2.45) is 0 Å². The third-order valence-corrected chi connectivity index (χ3v) is 4.37. The van der Waals surface area contributed by atoms with Crippen LogP contribution in [0.4, 0.5) is 5.69 Å². The molecular formula is C18H22N4O. The molecule has 2 aromatic rings. The summed E-state index contributed by atoms with van der Waals surface area (Å²) in [4.78, 5) is 25.0. The maximum absolute atomic E-state index is 12.7. The topological polar surface area (TPSA) is 49.3 Å². The second-order valence-corrected chi connectivity index (χ2v) is 6.08. The van der Waals surface area contributed by atoms with E-state index in [1.54, 1.807) is 6.20 Å². The zero-order valence-corrected chi connectivity index (χ0v) is 13.6. The van der Waals surface area contributed by atoms with Gasteiger partial charge >= 0.3 is 0 Å². The third-order valence-electron chi connectivity index (χ3n) is 4.37. The molecule has 1 amide bonds. The van der Waals surface area contributed by atoms with E-state index in [-0.39, 0.29) is 11.9 Å². The fourth-order valence-electron chi connectivity index (χ4n) is 3.13. The molecule has 23 heavy (non-hydrogen) atoms. The van der Waals surface area contributed by atoms with Gasteiger partial charge in [0.05, 0.1) is 0 Å². The second-order valence-electron chi connectivity index (χ2n) is 6.08.